The summed E-state index contributed by atoms with van der Waals surface area (Å²) in [7, 11) is 0. The Hall–Kier alpha value is 0.200. The fourth-order valence-corrected chi connectivity index (χ4v) is 3.89. The van der Waals surface area contributed by atoms with Gasteiger partial charge in [-0.1, -0.05) is 29.0 Å². The van der Waals surface area contributed by atoms with Crippen LogP contribution >= 0.6 is 22.6 Å². The monoisotopic (exact) mass is 266 g/mol. The Kier molecular flexibility index (Phi) is 2.08. The van der Waals surface area contributed by atoms with Gasteiger partial charge in [0.1, 0.15) is 6.10 Å². The molecule has 3 aliphatic rings. The van der Waals surface area contributed by atoms with Gasteiger partial charge in [0.2, 0.25) is 0 Å². The van der Waals surface area contributed by atoms with Crippen molar-refractivity contribution in [1.82, 2.24) is 0 Å². The number of halogens is 1. The van der Waals surface area contributed by atoms with Crippen molar-refractivity contribution in [2.45, 2.75) is 29.3 Å². The highest BCUT2D eigenvalue weighted by molar-refractivity contribution is 14.1. The fourth-order valence-electron chi connectivity index (χ4n) is 2.35. The molecular weight excluding hydrogens is 255 g/mol. The number of fused-ring (bicyclic) bond motifs is 2. The first-order valence-corrected chi connectivity index (χ1v) is 5.32. The van der Waals surface area contributed by atoms with Crippen LogP contribution in [-0.2, 0) is 9.53 Å². The Morgan fingerprint density at radius 1 is 1.36 bits per heavy atom. The van der Waals surface area contributed by atoms with Crippen molar-refractivity contribution < 1.29 is 9.53 Å². The number of carbonyl (C=O) groups is 1. The van der Waals surface area contributed by atoms with Crippen LogP contribution in [-0.4, -0.2) is 16.5 Å². The van der Waals surface area contributed by atoms with Gasteiger partial charge in [0.15, 0.2) is 0 Å². The molecule has 3 fully saturated rings. The van der Waals surface area contributed by atoms with Crippen LogP contribution in [0.4, 0.5) is 0 Å². The molecule has 3 aliphatic carbocycles. The number of alkyl halides is 1. The van der Waals surface area contributed by atoms with Crippen molar-refractivity contribution in [3.05, 3.63) is 0 Å². The SMILES string of the molecule is O=COC1[C@@H]2CCC[C@H]1C2I. The first kappa shape index (κ1) is 7.83. The van der Waals surface area contributed by atoms with Gasteiger partial charge in [-0.3, -0.25) is 4.79 Å². The van der Waals surface area contributed by atoms with Crippen molar-refractivity contribution in [2.75, 3.05) is 0 Å². The number of carbonyl (C=O) groups excluding carboxylic acids is 1. The summed E-state index contributed by atoms with van der Waals surface area (Å²) < 4.78 is 5.80. The van der Waals surface area contributed by atoms with Gasteiger partial charge in [-0.05, 0) is 12.8 Å². The maximum absolute atomic E-state index is 10.1. The summed E-state index contributed by atoms with van der Waals surface area (Å²) in [5.74, 6) is 1.33. The molecule has 0 aromatic carbocycles. The summed E-state index contributed by atoms with van der Waals surface area (Å²) in [5.41, 5.74) is 0. The van der Waals surface area contributed by atoms with Crippen molar-refractivity contribution >= 4 is 29.1 Å². The Bertz CT molecular complexity index is 159. The van der Waals surface area contributed by atoms with Crippen molar-refractivity contribution in [1.29, 1.82) is 0 Å². The second-order valence-electron chi connectivity index (χ2n) is 3.40. The van der Waals surface area contributed by atoms with Gasteiger partial charge >= 0.3 is 0 Å². The molecule has 11 heavy (non-hydrogen) atoms. The van der Waals surface area contributed by atoms with E-state index >= 15 is 0 Å². The van der Waals surface area contributed by atoms with E-state index in [1.54, 1.807) is 0 Å². The predicted molar refractivity (Wildman–Crippen MR) is 49.6 cm³/mol. The first-order chi connectivity index (χ1) is 5.34. The maximum atomic E-state index is 10.1. The minimum absolute atomic E-state index is 0.267. The average molecular weight is 266 g/mol. The topological polar surface area (TPSA) is 26.3 Å². The van der Waals surface area contributed by atoms with Crippen LogP contribution < -0.4 is 0 Å². The lowest BCUT2D eigenvalue weighted by atomic mass is 9.63. The molecule has 2 bridgehead atoms. The molecule has 0 spiro atoms. The van der Waals surface area contributed by atoms with Crippen LogP contribution in [0.25, 0.3) is 0 Å². The van der Waals surface area contributed by atoms with Gasteiger partial charge in [0.25, 0.3) is 6.47 Å². The van der Waals surface area contributed by atoms with Gasteiger partial charge in [0.05, 0.1) is 0 Å². The van der Waals surface area contributed by atoms with Gasteiger partial charge in [-0.15, -0.1) is 0 Å². The molecule has 0 saturated heterocycles. The Morgan fingerprint density at radius 2 is 2.00 bits per heavy atom. The second kappa shape index (κ2) is 2.92. The normalized spacial score (nSPS) is 47.7. The van der Waals surface area contributed by atoms with Gasteiger partial charge in [0, 0.05) is 15.8 Å². The summed E-state index contributed by atoms with van der Waals surface area (Å²) in [6, 6.07) is 0. The molecule has 3 saturated carbocycles. The van der Waals surface area contributed by atoms with Crippen LogP contribution in [0.5, 0.6) is 0 Å². The van der Waals surface area contributed by atoms with E-state index in [9.17, 15) is 4.79 Å². The average Bonchev–Trinajstić information content (AvgIpc) is 2.07. The van der Waals surface area contributed by atoms with E-state index in [4.69, 9.17) is 4.74 Å². The molecule has 2 unspecified atom stereocenters. The van der Waals surface area contributed by atoms with E-state index in [1.807, 2.05) is 0 Å². The van der Waals surface area contributed by atoms with E-state index in [1.165, 1.54) is 19.3 Å². The van der Waals surface area contributed by atoms with E-state index in [0.717, 1.165) is 3.92 Å². The number of rotatable bonds is 2. The fraction of sp³-hybridized carbons (Fsp3) is 0.875. The maximum Gasteiger partial charge on any atom is 0.293 e. The lowest BCUT2D eigenvalue weighted by molar-refractivity contribution is -0.153. The third kappa shape index (κ3) is 1.08. The number of ether oxygens (including phenoxy) is 1. The summed E-state index contributed by atoms with van der Waals surface area (Å²) >= 11 is 2.49. The standard InChI is InChI=1S/C8H11IO2/c9-7-5-2-1-3-6(7)8(5)11-4-10/h4-8H,1-3H2/t5-,6+,7?,8?. The minimum atomic E-state index is 0.267. The molecule has 0 aromatic rings. The summed E-state index contributed by atoms with van der Waals surface area (Å²) in [4.78, 5) is 10.1. The lowest BCUT2D eigenvalue weighted by Crippen LogP contribution is -2.56. The predicted octanol–water partition coefficient (Wildman–Crippen LogP) is 1.76. The number of hydrogen-bond donors (Lipinski definition) is 0. The summed E-state index contributed by atoms with van der Waals surface area (Å²) in [6.07, 6.45) is 4.10. The molecular formula is C8H11IO2. The van der Waals surface area contributed by atoms with E-state index in [-0.39, 0.29) is 6.10 Å². The molecule has 0 N–H and O–H groups in total. The van der Waals surface area contributed by atoms with E-state index in [2.05, 4.69) is 22.6 Å². The molecule has 3 heteroatoms. The van der Waals surface area contributed by atoms with E-state index < -0.39 is 0 Å². The van der Waals surface area contributed by atoms with Crippen molar-refractivity contribution in [3.63, 3.8) is 0 Å². The Labute approximate surface area is 79.8 Å². The quantitative estimate of drug-likeness (QED) is 0.432. The molecule has 0 amide bonds. The highest BCUT2D eigenvalue weighted by Crippen LogP contribution is 2.51. The van der Waals surface area contributed by atoms with Crippen LogP contribution in [0.15, 0.2) is 0 Å². The molecule has 2 nitrogen and oxygen atoms in total. The van der Waals surface area contributed by atoms with Crippen LogP contribution in [0.3, 0.4) is 0 Å². The third-order valence-electron chi connectivity index (χ3n) is 2.95. The molecule has 4 atom stereocenters. The molecule has 0 radical (unpaired) electrons. The Balaban J connectivity index is 1.99. The highest BCUT2D eigenvalue weighted by Gasteiger charge is 2.52. The zero-order chi connectivity index (χ0) is 7.84. The van der Waals surface area contributed by atoms with Crippen molar-refractivity contribution in [2.24, 2.45) is 11.8 Å². The summed E-state index contributed by atoms with van der Waals surface area (Å²) in [6.45, 7) is 0.610. The van der Waals surface area contributed by atoms with Gasteiger partial charge in [-0.25, -0.2) is 0 Å². The zero-order valence-electron chi connectivity index (χ0n) is 6.20. The lowest BCUT2D eigenvalue weighted by Gasteiger charge is -2.52. The largest absolute Gasteiger partial charge is 0.464 e. The minimum Gasteiger partial charge on any atom is -0.464 e. The van der Waals surface area contributed by atoms with Crippen LogP contribution in [0.2, 0.25) is 0 Å². The molecule has 0 aromatic heterocycles. The van der Waals surface area contributed by atoms with Crippen LogP contribution in [0.1, 0.15) is 19.3 Å². The summed E-state index contributed by atoms with van der Waals surface area (Å²) in [5, 5.41) is 0. The van der Waals surface area contributed by atoms with E-state index in [0.29, 0.717) is 18.3 Å². The van der Waals surface area contributed by atoms with Crippen LogP contribution in [0, 0.1) is 11.8 Å². The van der Waals surface area contributed by atoms with Crippen molar-refractivity contribution in [3.8, 4) is 0 Å². The number of hydrogen-bond acceptors (Lipinski definition) is 2. The highest BCUT2D eigenvalue weighted by atomic mass is 127. The zero-order valence-corrected chi connectivity index (χ0v) is 8.36. The molecule has 3 rings (SSSR count). The van der Waals surface area contributed by atoms with Gasteiger partial charge < -0.3 is 4.74 Å². The first-order valence-electron chi connectivity index (χ1n) is 4.08. The molecule has 0 heterocycles. The molecule has 0 aliphatic heterocycles. The Morgan fingerprint density at radius 3 is 2.45 bits per heavy atom. The molecule has 62 valence electrons. The smallest absolute Gasteiger partial charge is 0.293 e. The second-order valence-corrected chi connectivity index (χ2v) is 4.84. The third-order valence-corrected chi connectivity index (χ3v) is 4.80. The van der Waals surface area contributed by atoms with Gasteiger partial charge in [-0.2, -0.15) is 0 Å².